The van der Waals surface area contributed by atoms with Crippen LogP contribution in [-0.4, -0.2) is 40.5 Å². The molecule has 1 amide bonds. The minimum atomic E-state index is -0.221. The van der Waals surface area contributed by atoms with Gasteiger partial charge in [-0.25, -0.2) is 9.97 Å². The van der Waals surface area contributed by atoms with Gasteiger partial charge in [-0.2, -0.15) is 0 Å². The molecular weight excluding hydrogens is 328 g/mol. The van der Waals surface area contributed by atoms with E-state index in [0.29, 0.717) is 36.3 Å². The van der Waals surface area contributed by atoms with Crippen molar-refractivity contribution in [2.45, 2.75) is 6.04 Å². The van der Waals surface area contributed by atoms with E-state index in [4.69, 9.17) is 22.1 Å². The molecule has 1 aromatic carbocycles. The number of amides is 1. The highest BCUT2D eigenvalue weighted by atomic mass is 35.5. The summed E-state index contributed by atoms with van der Waals surface area (Å²) in [5, 5.41) is 0.552. The molecule has 2 aromatic rings. The number of rotatable bonds is 3. The Morgan fingerprint density at radius 1 is 1.38 bits per heavy atom. The second-order valence-corrected chi connectivity index (χ2v) is 5.86. The molecule has 2 heterocycles. The first kappa shape index (κ1) is 16.4. The molecule has 1 aliphatic heterocycles. The molecule has 1 atom stereocenters. The van der Waals surface area contributed by atoms with Crippen molar-refractivity contribution in [1.82, 2.24) is 14.9 Å². The Morgan fingerprint density at radius 2 is 2.21 bits per heavy atom. The van der Waals surface area contributed by atoms with Crippen LogP contribution in [0.25, 0.3) is 11.3 Å². The van der Waals surface area contributed by atoms with Crippen molar-refractivity contribution in [3.05, 3.63) is 53.8 Å². The first-order chi connectivity index (χ1) is 11.6. The number of aromatic nitrogens is 2. The Balaban J connectivity index is 2.01. The van der Waals surface area contributed by atoms with Crippen LogP contribution in [0, 0.1) is 0 Å². The fourth-order valence-corrected chi connectivity index (χ4v) is 2.99. The van der Waals surface area contributed by atoms with E-state index in [0.717, 1.165) is 11.1 Å². The van der Waals surface area contributed by atoms with E-state index in [1.807, 2.05) is 12.1 Å². The zero-order chi connectivity index (χ0) is 17.1. The van der Waals surface area contributed by atoms with Gasteiger partial charge in [0, 0.05) is 23.2 Å². The van der Waals surface area contributed by atoms with Crippen LogP contribution in [0.15, 0.2) is 43.2 Å². The zero-order valence-electron chi connectivity index (χ0n) is 13.0. The standard InChI is InChI=1S/C17H17ClN4O2/c1-2-17(23)22-3-4-24-9-15(22)12-5-11(6-13(18)7-12)14-8-16(19)21-10-20-14/h2,5-8,10,15H,1,3-4,9H2,(H2,19,20,21)/t15-/m0/s1. The van der Waals surface area contributed by atoms with Crippen LogP contribution in [0.5, 0.6) is 0 Å². The predicted octanol–water partition coefficient (Wildman–Crippen LogP) is 2.47. The summed E-state index contributed by atoms with van der Waals surface area (Å²) in [4.78, 5) is 22.0. The molecule has 0 spiro atoms. The molecule has 0 bridgehead atoms. The zero-order valence-corrected chi connectivity index (χ0v) is 13.7. The van der Waals surface area contributed by atoms with Crippen molar-refractivity contribution in [1.29, 1.82) is 0 Å². The Morgan fingerprint density at radius 3 is 2.96 bits per heavy atom. The minimum Gasteiger partial charge on any atom is -0.384 e. The number of morpholine rings is 1. The van der Waals surface area contributed by atoms with E-state index >= 15 is 0 Å². The molecule has 24 heavy (non-hydrogen) atoms. The maximum absolute atomic E-state index is 12.1. The second-order valence-electron chi connectivity index (χ2n) is 5.43. The third-order valence-electron chi connectivity index (χ3n) is 3.88. The number of carbonyl (C=O) groups is 1. The normalized spacial score (nSPS) is 17.5. The maximum atomic E-state index is 12.1. The van der Waals surface area contributed by atoms with E-state index in [1.54, 1.807) is 17.0 Å². The smallest absolute Gasteiger partial charge is 0.246 e. The van der Waals surface area contributed by atoms with Gasteiger partial charge in [-0.1, -0.05) is 18.2 Å². The van der Waals surface area contributed by atoms with E-state index in [9.17, 15) is 4.79 Å². The third kappa shape index (κ3) is 3.39. The molecule has 1 fully saturated rings. The quantitative estimate of drug-likeness (QED) is 0.865. The number of nitrogens with two attached hydrogens (primary N) is 1. The Labute approximate surface area is 144 Å². The van der Waals surface area contributed by atoms with Crippen LogP contribution in [-0.2, 0) is 9.53 Å². The van der Waals surface area contributed by atoms with Gasteiger partial charge in [-0.15, -0.1) is 0 Å². The molecule has 3 rings (SSSR count). The lowest BCUT2D eigenvalue weighted by atomic mass is 10.0. The molecule has 0 radical (unpaired) electrons. The van der Waals surface area contributed by atoms with Crippen molar-refractivity contribution in [2.24, 2.45) is 0 Å². The van der Waals surface area contributed by atoms with Gasteiger partial charge in [0.05, 0.1) is 24.9 Å². The van der Waals surface area contributed by atoms with Crippen LogP contribution in [0.4, 0.5) is 5.82 Å². The van der Waals surface area contributed by atoms with Crippen molar-refractivity contribution >= 4 is 23.3 Å². The summed E-state index contributed by atoms with van der Waals surface area (Å²) < 4.78 is 5.55. The lowest BCUT2D eigenvalue weighted by Crippen LogP contribution is -2.42. The van der Waals surface area contributed by atoms with Crippen molar-refractivity contribution in [3.63, 3.8) is 0 Å². The summed E-state index contributed by atoms with van der Waals surface area (Å²) >= 11 is 6.28. The highest BCUT2D eigenvalue weighted by Gasteiger charge is 2.27. The second kappa shape index (κ2) is 6.98. The van der Waals surface area contributed by atoms with Gasteiger partial charge in [-0.05, 0) is 29.8 Å². The van der Waals surface area contributed by atoms with Gasteiger partial charge in [0.2, 0.25) is 5.91 Å². The summed E-state index contributed by atoms with van der Waals surface area (Å²) in [6, 6.07) is 7.03. The molecule has 7 heteroatoms. The highest BCUT2D eigenvalue weighted by molar-refractivity contribution is 6.31. The van der Waals surface area contributed by atoms with E-state index in [-0.39, 0.29) is 11.9 Å². The van der Waals surface area contributed by atoms with Crippen LogP contribution >= 0.6 is 11.6 Å². The van der Waals surface area contributed by atoms with Crippen LogP contribution in [0.1, 0.15) is 11.6 Å². The maximum Gasteiger partial charge on any atom is 0.246 e. The Hall–Kier alpha value is -2.44. The topological polar surface area (TPSA) is 81.3 Å². The minimum absolute atomic E-state index is 0.129. The Bertz CT molecular complexity index is 781. The molecule has 6 nitrogen and oxygen atoms in total. The van der Waals surface area contributed by atoms with E-state index in [1.165, 1.54) is 12.4 Å². The summed E-state index contributed by atoms with van der Waals surface area (Å²) in [5.41, 5.74) is 8.09. The molecular formula is C17H17ClN4O2. The number of hydrogen-bond acceptors (Lipinski definition) is 5. The molecule has 1 aromatic heterocycles. The first-order valence-electron chi connectivity index (χ1n) is 7.47. The summed E-state index contributed by atoms with van der Waals surface area (Å²) in [7, 11) is 0. The first-order valence-corrected chi connectivity index (χ1v) is 7.85. The van der Waals surface area contributed by atoms with Crippen LogP contribution in [0.2, 0.25) is 5.02 Å². The summed E-state index contributed by atoms with van der Waals surface area (Å²) in [6.45, 7) is 4.99. The van der Waals surface area contributed by atoms with Crippen molar-refractivity contribution in [2.75, 3.05) is 25.5 Å². The molecule has 0 saturated carbocycles. The van der Waals surface area contributed by atoms with Gasteiger partial charge in [-0.3, -0.25) is 4.79 Å². The number of halogens is 1. The summed E-state index contributed by atoms with van der Waals surface area (Å²) in [6.07, 6.45) is 2.72. The van der Waals surface area contributed by atoms with Gasteiger partial charge in [0.1, 0.15) is 12.1 Å². The number of nitrogen functional groups attached to an aromatic ring is 1. The number of ether oxygens (including phenoxy) is 1. The molecule has 2 N–H and O–H groups in total. The molecule has 1 aliphatic rings. The number of benzene rings is 1. The van der Waals surface area contributed by atoms with Gasteiger partial charge >= 0.3 is 0 Å². The van der Waals surface area contributed by atoms with Crippen molar-refractivity contribution < 1.29 is 9.53 Å². The van der Waals surface area contributed by atoms with Gasteiger partial charge < -0.3 is 15.4 Å². The average molecular weight is 345 g/mol. The largest absolute Gasteiger partial charge is 0.384 e. The van der Waals surface area contributed by atoms with E-state index < -0.39 is 0 Å². The fraction of sp³-hybridized carbons (Fsp3) is 0.235. The highest BCUT2D eigenvalue weighted by Crippen LogP contribution is 2.31. The SMILES string of the molecule is C=CC(=O)N1CCOC[C@H]1c1cc(Cl)cc(-c2cc(N)ncn2)c1. The molecule has 0 aliphatic carbocycles. The van der Waals surface area contributed by atoms with Crippen LogP contribution < -0.4 is 5.73 Å². The molecule has 124 valence electrons. The molecule has 1 saturated heterocycles. The predicted molar refractivity (Wildman–Crippen MR) is 92.4 cm³/mol. The monoisotopic (exact) mass is 344 g/mol. The summed E-state index contributed by atoms with van der Waals surface area (Å²) in [5.74, 6) is 0.252. The lowest BCUT2D eigenvalue weighted by molar-refractivity contribution is -0.134. The third-order valence-corrected chi connectivity index (χ3v) is 4.09. The molecule has 0 unspecified atom stereocenters. The number of hydrogen-bond donors (Lipinski definition) is 1. The lowest BCUT2D eigenvalue weighted by Gasteiger charge is -2.35. The van der Waals surface area contributed by atoms with E-state index in [2.05, 4.69) is 16.5 Å². The van der Waals surface area contributed by atoms with Gasteiger partial charge in [0.15, 0.2) is 0 Å². The van der Waals surface area contributed by atoms with Crippen molar-refractivity contribution in [3.8, 4) is 11.3 Å². The number of nitrogens with zero attached hydrogens (tertiary/aromatic N) is 3. The fourth-order valence-electron chi connectivity index (χ4n) is 2.74. The average Bonchev–Trinajstić information content (AvgIpc) is 2.60. The van der Waals surface area contributed by atoms with Gasteiger partial charge in [0.25, 0.3) is 0 Å². The number of anilines is 1. The van der Waals surface area contributed by atoms with Crippen LogP contribution in [0.3, 0.4) is 0 Å². The number of carbonyl (C=O) groups excluding carboxylic acids is 1. The Kier molecular flexibility index (Phi) is 4.78.